The lowest BCUT2D eigenvalue weighted by Gasteiger charge is -2.28. The maximum absolute atomic E-state index is 11.8. The molecule has 4 nitrogen and oxygen atoms in total. The summed E-state index contributed by atoms with van der Waals surface area (Å²) in [5.41, 5.74) is -0.00188. The van der Waals surface area contributed by atoms with Crippen molar-refractivity contribution in [3.05, 3.63) is 0 Å². The second-order valence-corrected chi connectivity index (χ2v) is 8.50. The molecule has 0 aromatic carbocycles. The molecule has 1 aliphatic carbocycles. The molecule has 1 aliphatic rings. The van der Waals surface area contributed by atoms with E-state index in [1.807, 2.05) is 20.8 Å². The minimum Gasteiger partial charge on any atom is -0.444 e. The first-order valence-electron chi connectivity index (χ1n) is 8.21. The molecule has 4 heteroatoms. The summed E-state index contributed by atoms with van der Waals surface area (Å²) in [5.74, 6) is 0.476. The van der Waals surface area contributed by atoms with Crippen LogP contribution < -0.4 is 10.6 Å². The number of carbonyl (C=O) groups excluding carboxylic acids is 1. The van der Waals surface area contributed by atoms with E-state index < -0.39 is 5.60 Å². The summed E-state index contributed by atoms with van der Waals surface area (Å²) in [6, 6.07) is 0.851. The lowest BCUT2D eigenvalue weighted by atomic mass is 9.91. The van der Waals surface area contributed by atoms with Gasteiger partial charge >= 0.3 is 6.09 Å². The third kappa shape index (κ3) is 7.16. The van der Waals surface area contributed by atoms with Crippen LogP contribution in [-0.2, 0) is 4.74 Å². The van der Waals surface area contributed by atoms with Crippen LogP contribution in [0.25, 0.3) is 0 Å². The topological polar surface area (TPSA) is 50.4 Å². The number of hydrogen-bond acceptors (Lipinski definition) is 3. The van der Waals surface area contributed by atoms with Crippen LogP contribution in [0.5, 0.6) is 0 Å². The van der Waals surface area contributed by atoms with Gasteiger partial charge in [0.2, 0.25) is 0 Å². The second kappa shape index (κ2) is 6.99. The Hall–Kier alpha value is -0.770. The Labute approximate surface area is 130 Å². The number of nitrogens with one attached hydrogen (secondary N) is 2. The van der Waals surface area contributed by atoms with Gasteiger partial charge in [-0.1, -0.05) is 27.7 Å². The molecule has 1 amide bonds. The average Bonchev–Trinajstić information content (AvgIpc) is 2.61. The van der Waals surface area contributed by atoms with Gasteiger partial charge in [-0.2, -0.15) is 0 Å². The van der Waals surface area contributed by atoms with Crippen LogP contribution in [0.15, 0.2) is 0 Å². The van der Waals surface area contributed by atoms with Crippen molar-refractivity contribution in [2.24, 2.45) is 11.3 Å². The molecule has 2 N–H and O–H groups in total. The van der Waals surface area contributed by atoms with Crippen LogP contribution in [0, 0.1) is 11.3 Å². The Morgan fingerprint density at radius 2 is 1.95 bits per heavy atom. The molecule has 1 fully saturated rings. The first-order chi connectivity index (χ1) is 9.48. The van der Waals surface area contributed by atoms with Gasteiger partial charge < -0.3 is 15.4 Å². The molecule has 0 bridgehead atoms. The molecule has 0 heterocycles. The summed E-state index contributed by atoms with van der Waals surface area (Å²) < 4.78 is 5.29. The summed E-state index contributed by atoms with van der Waals surface area (Å²) in [4.78, 5) is 11.8. The molecule has 0 radical (unpaired) electrons. The van der Waals surface area contributed by atoms with Crippen molar-refractivity contribution in [2.45, 2.75) is 85.4 Å². The van der Waals surface area contributed by atoms with E-state index in [1.54, 1.807) is 0 Å². The van der Waals surface area contributed by atoms with E-state index in [0.29, 0.717) is 23.9 Å². The van der Waals surface area contributed by atoms with Gasteiger partial charge in [-0.05, 0) is 51.4 Å². The van der Waals surface area contributed by atoms with Gasteiger partial charge in [-0.15, -0.1) is 0 Å². The van der Waals surface area contributed by atoms with E-state index in [4.69, 9.17) is 4.74 Å². The number of alkyl carbamates (subject to hydrolysis) is 1. The fourth-order valence-corrected chi connectivity index (χ4v) is 2.88. The lowest BCUT2D eigenvalue weighted by Crippen LogP contribution is -2.48. The first kappa shape index (κ1) is 18.3. The zero-order chi connectivity index (χ0) is 16.3. The van der Waals surface area contributed by atoms with Crippen LogP contribution in [0.4, 0.5) is 4.79 Å². The Morgan fingerprint density at radius 1 is 1.33 bits per heavy atom. The summed E-state index contributed by atoms with van der Waals surface area (Å²) in [6.07, 6.45) is 3.38. The van der Waals surface area contributed by atoms with Crippen molar-refractivity contribution >= 4 is 6.09 Å². The summed E-state index contributed by atoms with van der Waals surface area (Å²) in [6.45, 7) is 15.3. The van der Waals surface area contributed by atoms with Crippen molar-refractivity contribution in [1.82, 2.24) is 10.6 Å². The maximum Gasteiger partial charge on any atom is 0.407 e. The number of carbonyl (C=O) groups is 1. The van der Waals surface area contributed by atoms with Crippen LogP contribution in [-0.4, -0.2) is 30.3 Å². The molecule has 1 rings (SSSR count). The third-order valence-electron chi connectivity index (χ3n) is 4.09. The molecule has 0 aliphatic heterocycles. The number of rotatable bonds is 5. The van der Waals surface area contributed by atoms with E-state index >= 15 is 0 Å². The summed E-state index contributed by atoms with van der Waals surface area (Å²) in [7, 11) is 0. The fourth-order valence-electron chi connectivity index (χ4n) is 2.88. The largest absolute Gasteiger partial charge is 0.444 e. The molecule has 1 saturated carbocycles. The van der Waals surface area contributed by atoms with E-state index in [0.717, 1.165) is 0 Å². The summed E-state index contributed by atoms with van der Waals surface area (Å²) in [5, 5.41) is 6.61. The molecule has 0 spiro atoms. The molecule has 0 aromatic rings. The van der Waals surface area contributed by atoms with Gasteiger partial charge in [-0.25, -0.2) is 4.79 Å². The van der Waals surface area contributed by atoms with E-state index in [2.05, 4.69) is 38.3 Å². The Morgan fingerprint density at radius 3 is 2.38 bits per heavy atom. The van der Waals surface area contributed by atoms with Gasteiger partial charge in [0.25, 0.3) is 0 Å². The molecule has 21 heavy (non-hydrogen) atoms. The molecule has 0 saturated heterocycles. The molecule has 2 atom stereocenters. The zero-order valence-corrected chi connectivity index (χ0v) is 14.9. The Bertz CT molecular complexity index is 345. The molecular formula is C17H34N2O2. The van der Waals surface area contributed by atoms with Crippen LogP contribution >= 0.6 is 0 Å². The van der Waals surface area contributed by atoms with Gasteiger partial charge in [0.05, 0.1) is 0 Å². The quantitative estimate of drug-likeness (QED) is 0.813. The normalized spacial score (nSPS) is 23.1. The Balaban J connectivity index is 2.42. The van der Waals surface area contributed by atoms with Gasteiger partial charge in [0.15, 0.2) is 0 Å². The maximum atomic E-state index is 11.8. The predicted octanol–water partition coefficient (Wildman–Crippen LogP) is 3.70. The van der Waals surface area contributed by atoms with Crippen LogP contribution in [0.1, 0.15) is 67.7 Å². The SMILES string of the molecule is CC(C)C(CNC(=O)OC(C)(C)C)NC1CCC(C)(C)C1. The second-order valence-electron chi connectivity index (χ2n) is 8.50. The van der Waals surface area contributed by atoms with Crippen molar-refractivity contribution < 1.29 is 9.53 Å². The highest BCUT2D eigenvalue weighted by Crippen LogP contribution is 2.37. The van der Waals surface area contributed by atoms with E-state index in [1.165, 1.54) is 19.3 Å². The zero-order valence-electron chi connectivity index (χ0n) is 14.9. The monoisotopic (exact) mass is 298 g/mol. The van der Waals surface area contributed by atoms with Gasteiger partial charge in [0, 0.05) is 18.6 Å². The average molecular weight is 298 g/mol. The number of ether oxygens (including phenoxy) is 1. The van der Waals surface area contributed by atoms with Crippen LogP contribution in [0.3, 0.4) is 0 Å². The predicted molar refractivity (Wildman–Crippen MR) is 87.4 cm³/mol. The molecular weight excluding hydrogens is 264 g/mol. The van der Waals surface area contributed by atoms with Crippen molar-refractivity contribution in [3.8, 4) is 0 Å². The van der Waals surface area contributed by atoms with Crippen molar-refractivity contribution in [1.29, 1.82) is 0 Å². The fraction of sp³-hybridized carbons (Fsp3) is 0.941. The molecule has 0 aromatic heterocycles. The van der Waals surface area contributed by atoms with Crippen LogP contribution in [0.2, 0.25) is 0 Å². The van der Waals surface area contributed by atoms with Gasteiger partial charge in [-0.3, -0.25) is 0 Å². The van der Waals surface area contributed by atoms with Crippen molar-refractivity contribution in [2.75, 3.05) is 6.54 Å². The highest BCUT2D eigenvalue weighted by Gasteiger charge is 2.32. The lowest BCUT2D eigenvalue weighted by molar-refractivity contribution is 0.0518. The highest BCUT2D eigenvalue weighted by atomic mass is 16.6. The molecule has 124 valence electrons. The van der Waals surface area contributed by atoms with Gasteiger partial charge in [0.1, 0.15) is 5.60 Å². The van der Waals surface area contributed by atoms with E-state index in [9.17, 15) is 4.79 Å². The summed E-state index contributed by atoms with van der Waals surface area (Å²) >= 11 is 0. The Kier molecular flexibility index (Phi) is 6.09. The first-order valence-corrected chi connectivity index (χ1v) is 8.21. The number of amides is 1. The standard InChI is InChI=1S/C17H34N2O2/c1-12(2)14(11-18-15(20)21-16(3,4)5)19-13-8-9-17(6,7)10-13/h12-14,19H,8-11H2,1-7H3,(H,18,20). The third-order valence-corrected chi connectivity index (χ3v) is 4.09. The van der Waals surface area contributed by atoms with Crippen molar-refractivity contribution in [3.63, 3.8) is 0 Å². The smallest absolute Gasteiger partial charge is 0.407 e. The minimum absolute atomic E-state index is 0.288. The highest BCUT2D eigenvalue weighted by molar-refractivity contribution is 5.67. The molecule has 2 unspecified atom stereocenters. The van der Waals surface area contributed by atoms with E-state index in [-0.39, 0.29) is 12.1 Å². The minimum atomic E-state index is -0.444. The number of hydrogen-bond donors (Lipinski definition) is 2.